The van der Waals surface area contributed by atoms with Crippen molar-refractivity contribution in [2.24, 2.45) is 11.7 Å². The minimum Gasteiger partial charge on any atom is -0.393 e. The van der Waals surface area contributed by atoms with Crippen molar-refractivity contribution in [1.29, 1.82) is 0 Å². The van der Waals surface area contributed by atoms with Crippen LogP contribution in [0.5, 0.6) is 0 Å². The Hall–Kier alpha value is -1.49. The summed E-state index contributed by atoms with van der Waals surface area (Å²) in [6, 6.07) is 5.62. The summed E-state index contributed by atoms with van der Waals surface area (Å²) in [4.78, 5) is 18.1. The number of hydrogen-bond acceptors (Lipinski definition) is 3. The van der Waals surface area contributed by atoms with Crippen molar-refractivity contribution in [3.05, 3.63) is 30.1 Å². The standard InChI is InChI=1S/C12H17N3OS/c1-3-10(11(13)17)12(16)15(2)8-9-6-4-5-7-14-9/h4-7,10H,3,8H2,1-2H3,(H2,13,17). The van der Waals surface area contributed by atoms with Crippen molar-refractivity contribution in [2.75, 3.05) is 7.05 Å². The van der Waals surface area contributed by atoms with E-state index in [-0.39, 0.29) is 16.8 Å². The molecule has 1 aromatic rings. The highest BCUT2D eigenvalue weighted by molar-refractivity contribution is 7.80. The van der Waals surface area contributed by atoms with Crippen LogP contribution in [-0.2, 0) is 11.3 Å². The molecule has 0 saturated carbocycles. The van der Waals surface area contributed by atoms with E-state index in [1.807, 2.05) is 25.1 Å². The zero-order chi connectivity index (χ0) is 12.8. The van der Waals surface area contributed by atoms with Crippen molar-refractivity contribution in [3.63, 3.8) is 0 Å². The van der Waals surface area contributed by atoms with Gasteiger partial charge in [-0.15, -0.1) is 0 Å². The number of carbonyl (C=O) groups is 1. The smallest absolute Gasteiger partial charge is 0.232 e. The van der Waals surface area contributed by atoms with Crippen LogP contribution in [0.2, 0.25) is 0 Å². The highest BCUT2D eigenvalue weighted by Gasteiger charge is 2.22. The molecule has 0 spiro atoms. The zero-order valence-electron chi connectivity index (χ0n) is 10.1. The molecule has 1 unspecified atom stereocenters. The Morgan fingerprint density at radius 3 is 2.76 bits per heavy atom. The second-order valence-electron chi connectivity index (χ2n) is 3.88. The Kier molecular flexibility index (Phi) is 5.03. The van der Waals surface area contributed by atoms with Crippen LogP contribution in [0.15, 0.2) is 24.4 Å². The maximum Gasteiger partial charge on any atom is 0.232 e. The fourth-order valence-electron chi connectivity index (χ4n) is 1.58. The van der Waals surface area contributed by atoms with Gasteiger partial charge in [0.25, 0.3) is 0 Å². The number of carbonyl (C=O) groups excluding carboxylic acids is 1. The van der Waals surface area contributed by atoms with Gasteiger partial charge in [-0.25, -0.2) is 0 Å². The van der Waals surface area contributed by atoms with Crippen LogP contribution < -0.4 is 5.73 Å². The molecule has 0 aromatic carbocycles. The van der Waals surface area contributed by atoms with E-state index in [2.05, 4.69) is 4.98 Å². The van der Waals surface area contributed by atoms with Crippen molar-refractivity contribution in [2.45, 2.75) is 19.9 Å². The Bertz CT molecular complexity index is 394. The SMILES string of the molecule is CCC(C(=O)N(C)Cc1ccccn1)C(N)=S. The third-order valence-corrected chi connectivity index (χ3v) is 2.84. The van der Waals surface area contributed by atoms with E-state index in [1.54, 1.807) is 18.1 Å². The maximum absolute atomic E-state index is 12.1. The van der Waals surface area contributed by atoms with E-state index in [9.17, 15) is 4.79 Å². The minimum atomic E-state index is -0.376. The second-order valence-corrected chi connectivity index (χ2v) is 4.35. The van der Waals surface area contributed by atoms with Crippen LogP contribution in [0.25, 0.3) is 0 Å². The first-order valence-electron chi connectivity index (χ1n) is 5.50. The van der Waals surface area contributed by atoms with Crippen molar-refractivity contribution < 1.29 is 4.79 Å². The predicted octanol–water partition coefficient (Wildman–Crippen LogP) is 1.35. The molecule has 1 amide bonds. The summed E-state index contributed by atoms with van der Waals surface area (Å²) < 4.78 is 0. The Morgan fingerprint density at radius 2 is 2.29 bits per heavy atom. The van der Waals surface area contributed by atoms with Crippen LogP contribution in [-0.4, -0.2) is 27.8 Å². The van der Waals surface area contributed by atoms with E-state index in [0.717, 1.165) is 5.69 Å². The maximum atomic E-state index is 12.1. The Labute approximate surface area is 107 Å². The van der Waals surface area contributed by atoms with E-state index in [0.29, 0.717) is 13.0 Å². The fraction of sp³-hybridized carbons (Fsp3) is 0.417. The van der Waals surface area contributed by atoms with Gasteiger partial charge in [0.1, 0.15) is 0 Å². The molecule has 1 atom stereocenters. The highest BCUT2D eigenvalue weighted by Crippen LogP contribution is 2.09. The van der Waals surface area contributed by atoms with Gasteiger partial charge in [-0.05, 0) is 18.6 Å². The molecule has 0 aliphatic rings. The van der Waals surface area contributed by atoms with Crippen molar-refractivity contribution >= 4 is 23.1 Å². The molecular weight excluding hydrogens is 234 g/mol. The predicted molar refractivity (Wildman–Crippen MR) is 71.3 cm³/mol. The quantitative estimate of drug-likeness (QED) is 0.803. The number of hydrogen-bond donors (Lipinski definition) is 1. The molecule has 0 bridgehead atoms. The minimum absolute atomic E-state index is 0.0503. The molecule has 92 valence electrons. The number of thiocarbonyl (C=S) groups is 1. The lowest BCUT2D eigenvalue weighted by molar-refractivity contribution is -0.132. The number of nitrogens with two attached hydrogens (primary N) is 1. The summed E-state index contributed by atoms with van der Waals surface area (Å²) in [5, 5.41) is 0. The lowest BCUT2D eigenvalue weighted by Crippen LogP contribution is -2.38. The third kappa shape index (κ3) is 3.78. The van der Waals surface area contributed by atoms with E-state index in [1.165, 1.54) is 0 Å². The molecule has 1 heterocycles. The molecule has 5 heteroatoms. The third-order valence-electron chi connectivity index (χ3n) is 2.55. The summed E-state index contributed by atoms with van der Waals surface area (Å²) in [5.41, 5.74) is 6.40. The first kappa shape index (κ1) is 13.6. The summed E-state index contributed by atoms with van der Waals surface area (Å²) >= 11 is 4.89. The zero-order valence-corrected chi connectivity index (χ0v) is 10.9. The molecular formula is C12H17N3OS. The first-order chi connectivity index (χ1) is 8.06. The number of aromatic nitrogens is 1. The van der Waals surface area contributed by atoms with Gasteiger partial charge in [0.05, 0.1) is 23.1 Å². The van der Waals surface area contributed by atoms with E-state index >= 15 is 0 Å². The van der Waals surface area contributed by atoms with E-state index in [4.69, 9.17) is 18.0 Å². The average Bonchev–Trinajstić information content (AvgIpc) is 2.30. The largest absolute Gasteiger partial charge is 0.393 e. The van der Waals surface area contributed by atoms with Crippen LogP contribution in [0.1, 0.15) is 19.0 Å². The summed E-state index contributed by atoms with van der Waals surface area (Å²) in [6.07, 6.45) is 2.33. The van der Waals surface area contributed by atoms with Gasteiger partial charge in [-0.3, -0.25) is 9.78 Å². The summed E-state index contributed by atoms with van der Waals surface area (Å²) in [6.45, 7) is 2.37. The van der Waals surface area contributed by atoms with Gasteiger partial charge in [-0.1, -0.05) is 25.2 Å². The lowest BCUT2D eigenvalue weighted by Gasteiger charge is -2.21. The van der Waals surface area contributed by atoms with Crippen LogP contribution >= 0.6 is 12.2 Å². The monoisotopic (exact) mass is 251 g/mol. The van der Waals surface area contributed by atoms with Gasteiger partial charge in [0.2, 0.25) is 5.91 Å². The van der Waals surface area contributed by atoms with Crippen LogP contribution in [0, 0.1) is 5.92 Å². The molecule has 4 nitrogen and oxygen atoms in total. The Morgan fingerprint density at radius 1 is 1.59 bits per heavy atom. The van der Waals surface area contributed by atoms with Crippen molar-refractivity contribution in [1.82, 2.24) is 9.88 Å². The number of pyridine rings is 1. The van der Waals surface area contributed by atoms with Crippen LogP contribution in [0.3, 0.4) is 0 Å². The number of amides is 1. The second kappa shape index (κ2) is 6.30. The molecule has 0 aliphatic carbocycles. The highest BCUT2D eigenvalue weighted by atomic mass is 32.1. The first-order valence-corrected chi connectivity index (χ1v) is 5.91. The average molecular weight is 251 g/mol. The van der Waals surface area contributed by atoms with Gasteiger partial charge in [-0.2, -0.15) is 0 Å². The molecule has 1 aromatic heterocycles. The van der Waals surface area contributed by atoms with Gasteiger partial charge >= 0.3 is 0 Å². The summed E-state index contributed by atoms with van der Waals surface area (Å²) in [7, 11) is 1.73. The molecule has 0 radical (unpaired) electrons. The fourth-order valence-corrected chi connectivity index (χ4v) is 1.84. The molecule has 1 rings (SSSR count). The van der Waals surface area contributed by atoms with Crippen molar-refractivity contribution in [3.8, 4) is 0 Å². The number of rotatable bonds is 5. The molecule has 0 aliphatic heterocycles. The molecule has 2 N–H and O–H groups in total. The Balaban J connectivity index is 2.67. The van der Waals surface area contributed by atoms with Gasteiger partial charge in [0.15, 0.2) is 0 Å². The van der Waals surface area contributed by atoms with Crippen LogP contribution in [0.4, 0.5) is 0 Å². The number of nitrogens with zero attached hydrogens (tertiary/aromatic N) is 2. The lowest BCUT2D eigenvalue weighted by atomic mass is 10.1. The molecule has 0 fully saturated rings. The topological polar surface area (TPSA) is 59.2 Å². The van der Waals surface area contributed by atoms with Gasteiger partial charge in [0, 0.05) is 13.2 Å². The molecule has 17 heavy (non-hydrogen) atoms. The normalized spacial score (nSPS) is 11.9. The van der Waals surface area contributed by atoms with Gasteiger partial charge < -0.3 is 10.6 Å². The molecule has 0 saturated heterocycles. The summed E-state index contributed by atoms with van der Waals surface area (Å²) in [5.74, 6) is -0.427. The van der Waals surface area contributed by atoms with E-state index < -0.39 is 0 Å².